The summed E-state index contributed by atoms with van der Waals surface area (Å²) in [4.78, 5) is 24.8. The predicted octanol–water partition coefficient (Wildman–Crippen LogP) is 2.94. The summed E-state index contributed by atoms with van der Waals surface area (Å²) < 4.78 is 19.5. The smallest absolute Gasteiger partial charge is 0.415 e. The molecule has 1 saturated carbocycles. The van der Waals surface area contributed by atoms with Crippen LogP contribution in [0.4, 0.5) is 14.9 Å². The van der Waals surface area contributed by atoms with Crippen molar-refractivity contribution in [2.24, 2.45) is 0 Å². The highest BCUT2D eigenvalue weighted by Gasteiger charge is 2.36. The van der Waals surface area contributed by atoms with E-state index in [4.69, 9.17) is 4.74 Å². The number of halogens is 1. The normalized spacial score (nSPS) is 22.1. The van der Waals surface area contributed by atoms with Crippen LogP contribution in [0.25, 0.3) is 0 Å². The van der Waals surface area contributed by atoms with Crippen LogP contribution in [-0.2, 0) is 9.53 Å². The van der Waals surface area contributed by atoms with Gasteiger partial charge in [-0.1, -0.05) is 25.3 Å². The van der Waals surface area contributed by atoms with E-state index in [1.54, 1.807) is 12.1 Å². The lowest BCUT2D eigenvalue weighted by Crippen LogP contribution is -2.35. The Morgan fingerprint density at radius 3 is 2.70 bits per heavy atom. The van der Waals surface area contributed by atoms with E-state index >= 15 is 0 Å². The largest absolute Gasteiger partial charge is 0.434 e. The minimum Gasteiger partial charge on any atom is -0.434 e. The van der Waals surface area contributed by atoms with Crippen LogP contribution in [0, 0.1) is 5.82 Å². The fourth-order valence-electron chi connectivity index (χ4n) is 3.40. The van der Waals surface area contributed by atoms with Crippen LogP contribution in [0.3, 0.4) is 0 Å². The zero-order valence-electron chi connectivity index (χ0n) is 13.2. The SMILES string of the molecule is CNC(=O)[C@H]1CN(c2ccc(C3CCCCC3)c(F)c2)C(=O)O1. The number of cyclic esters (lactones) is 1. The summed E-state index contributed by atoms with van der Waals surface area (Å²) in [5.41, 5.74) is 1.15. The van der Waals surface area contributed by atoms with E-state index < -0.39 is 12.2 Å². The van der Waals surface area contributed by atoms with E-state index in [9.17, 15) is 14.0 Å². The molecule has 1 saturated heterocycles. The maximum absolute atomic E-state index is 14.5. The molecular formula is C17H21FN2O3. The molecule has 0 aromatic heterocycles. The van der Waals surface area contributed by atoms with Gasteiger partial charge in [-0.2, -0.15) is 0 Å². The third kappa shape index (κ3) is 3.16. The van der Waals surface area contributed by atoms with Crippen molar-refractivity contribution in [1.29, 1.82) is 0 Å². The average Bonchev–Trinajstić information content (AvgIpc) is 2.96. The summed E-state index contributed by atoms with van der Waals surface area (Å²) in [6.45, 7) is 0.0979. The lowest BCUT2D eigenvalue weighted by molar-refractivity contribution is -0.127. The van der Waals surface area contributed by atoms with Gasteiger partial charge in [-0.3, -0.25) is 9.69 Å². The second-order valence-corrected chi connectivity index (χ2v) is 6.14. The number of carbonyl (C=O) groups is 2. The maximum Gasteiger partial charge on any atom is 0.415 e. The molecule has 2 aliphatic rings. The van der Waals surface area contributed by atoms with Crippen molar-refractivity contribution < 1.29 is 18.7 Å². The standard InChI is InChI=1S/C17H21FN2O3/c1-19-16(21)15-10-20(17(22)23-15)12-7-8-13(14(18)9-12)11-5-3-2-4-6-11/h7-9,11,15H,2-6,10H2,1H3,(H,19,21)/t15-/m1/s1. The molecule has 0 unspecified atom stereocenters. The second kappa shape index (κ2) is 6.56. The highest BCUT2D eigenvalue weighted by Crippen LogP contribution is 2.35. The van der Waals surface area contributed by atoms with Crippen molar-refractivity contribution in [2.45, 2.75) is 44.1 Å². The van der Waals surface area contributed by atoms with Crippen LogP contribution < -0.4 is 10.2 Å². The van der Waals surface area contributed by atoms with Gasteiger partial charge in [-0.25, -0.2) is 9.18 Å². The van der Waals surface area contributed by atoms with Crippen LogP contribution >= 0.6 is 0 Å². The van der Waals surface area contributed by atoms with Crippen LogP contribution in [-0.4, -0.2) is 31.7 Å². The number of anilines is 1. The Morgan fingerprint density at radius 2 is 2.04 bits per heavy atom. The summed E-state index contributed by atoms with van der Waals surface area (Å²) in [5, 5.41) is 2.45. The van der Waals surface area contributed by atoms with Crippen LogP contribution in [0.15, 0.2) is 18.2 Å². The molecule has 1 heterocycles. The molecule has 3 rings (SSSR count). The Labute approximate surface area is 134 Å². The van der Waals surface area contributed by atoms with Gasteiger partial charge in [0.05, 0.1) is 12.2 Å². The van der Waals surface area contributed by atoms with Crippen LogP contribution in [0.2, 0.25) is 0 Å². The average molecular weight is 320 g/mol. The molecule has 2 amide bonds. The molecule has 1 atom stereocenters. The van der Waals surface area contributed by atoms with Gasteiger partial charge < -0.3 is 10.1 Å². The minimum absolute atomic E-state index is 0.0979. The fourth-order valence-corrected chi connectivity index (χ4v) is 3.40. The number of nitrogens with zero attached hydrogens (tertiary/aromatic N) is 1. The van der Waals surface area contributed by atoms with E-state index in [0.717, 1.165) is 31.2 Å². The Hall–Kier alpha value is -2.11. The number of benzene rings is 1. The van der Waals surface area contributed by atoms with Crippen molar-refractivity contribution >= 4 is 17.7 Å². The highest BCUT2D eigenvalue weighted by atomic mass is 19.1. The van der Waals surface area contributed by atoms with Gasteiger partial charge >= 0.3 is 6.09 Å². The van der Waals surface area contributed by atoms with Crippen molar-refractivity contribution in [3.63, 3.8) is 0 Å². The molecule has 1 aliphatic heterocycles. The summed E-state index contributed by atoms with van der Waals surface area (Å²) in [6.07, 6.45) is 4.05. The predicted molar refractivity (Wildman–Crippen MR) is 83.9 cm³/mol. The van der Waals surface area contributed by atoms with Gasteiger partial charge in [0, 0.05) is 7.05 Å². The number of ether oxygens (including phenoxy) is 1. The number of hydrogen-bond donors (Lipinski definition) is 1. The van der Waals surface area contributed by atoms with Crippen molar-refractivity contribution in [3.8, 4) is 0 Å². The molecule has 23 heavy (non-hydrogen) atoms. The van der Waals surface area contributed by atoms with Crippen LogP contribution in [0.5, 0.6) is 0 Å². The Bertz CT molecular complexity index is 614. The van der Waals surface area contributed by atoms with Crippen LogP contribution in [0.1, 0.15) is 43.6 Å². The van der Waals surface area contributed by atoms with Crippen molar-refractivity contribution in [3.05, 3.63) is 29.6 Å². The maximum atomic E-state index is 14.5. The number of amides is 2. The zero-order valence-corrected chi connectivity index (χ0v) is 13.2. The molecule has 0 spiro atoms. The lowest BCUT2D eigenvalue weighted by Gasteiger charge is -2.23. The summed E-state index contributed by atoms with van der Waals surface area (Å²) >= 11 is 0. The van der Waals surface area contributed by atoms with E-state index in [1.165, 1.54) is 24.4 Å². The number of carbonyl (C=O) groups excluding carboxylic acids is 2. The number of nitrogens with one attached hydrogen (secondary N) is 1. The minimum atomic E-state index is -0.853. The fraction of sp³-hybridized carbons (Fsp3) is 0.529. The Balaban J connectivity index is 1.77. The summed E-state index contributed by atoms with van der Waals surface area (Å²) in [7, 11) is 1.48. The molecule has 0 bridgehead atoms. The Kier molecular flexibility index (Phi) is 4.50. The van der Waals surface area contributed by atoms with Gasteiger partial charge in [0.15, 0.2) is 6.10 Å². The van der Waals surface area contributed by atoms with Gasteiger partial charge in [0.25, 0.3) is 5.91 Å². The molecular weight excluding hydrogens is 299 g/mol. The lowest BCUT2D eigenvalue weighted by atomic mass is 9.84. The molecule has 1 aliphatic carbocycles. The highest BCUT2D eigenvalue weighted by molar-refractivity contribution is 5.95. The number of hydrogen-bond acceptors (Lipinski definition) is 3. The third-order valence-electron chi connectivity index (χ3n) is 4.69. The first-order valence-electron chi connectivity index (χ1n) is 8.09. The second-order valence-electron chi connectivity index (χ2n) is 6.14. The topological polar surface area (TPSA) is 58.6 Å². The molecule has 1 aromatic carbocycles. The summed E-state index contributed by atoms with van der Waals surface area (Å²) in [5.74, 6) is -0.382. The monoisotopic (exact) mass is 320 g/mol. The van der Waals surface area contributed by atoms with Crippen molar-refractivity contribution in [2.75, 3.05) is 18.5 Å². The number of likely N-dealkylation sites (N-methyl/N-ethyl adjacent to an activating group) is 1. The first kappa shape index (κ1) is 15.8. The summed E-state index contributed by atoms with van der Waals surface area (Å²) in [6, 6.07) is 4.87. The molecule has 2 fully saturated rings. The third-order valence-corrected chi connectivity index (χ3v) is 4.69. The van der Waals surface area contributed by atoms with Gasteiger partial charge in [0.1, 0.15) is 5.82 Å². The molecule has 124 valence electrons. The van der Waals surface area contributed by atoms with E-state index in [0.29, 0.717) is 5.69 Å². The molecule has 0 radical (unpaired) electrons. The van der Waals surface area contributed by atoms with E-state index in [2.05, 4.69) is 5.32 Å². The first-order valence-corrected chi connectivity index (χ1v) is 8.09. The van der Waals surface area contributed by atoms with Gasteiger partial charge in [0.2, 0.25) is 0 Å². The molecule has 1 aromatic rings. The van der Waals surface area contributed by atoms with Crippen molar-refractivity contribution in [1.82, 2.24) is 5.32 Å². The van der Waals surface area contributed by atoms with Gasteiger partial charge in [-0.05, 0) is 36.5 Å². The molecule has 5 nitrogen and oxygen atoms in total. The molecule has 6 heteroatoms. The first-order chi connectivity index (χ1) is 11.1. The van der Waals surface area contributed by atoms with E-state index in [1.807, 2.05) is 0 Å². The zero-order chi connectivity index (χ0) is 16.4. The molecule has 1 N–H and O–H groups in total. The number of rotatable bonds is 3. The quantitative estimate of drug-likeness (QED) is 0.931. The van der Waals surface area contributed by atoms with Gasteiger partial charge in [-0.15, -0.1) is 0 Å². The Morgan fingerprint density at radius 1 is 1.30 bits per heavy atom. The van der Waals surface area contributed by atoms with E-state index in [-0.39, 0.29) is 24.2 Å².